The van der Waals surface area contributed by atoms with Crippen LogP contribution in [0.4, 0.5) is 0 Å². The lowest BCUT2D eigenvalue weighted by atomic mass is 10.1. The van der Waals surface area contributed by atoms with Gasteiger partial charge in [-0.3, -0.25) is 0 Å². The lowest BCUT2D eigenvalue weighted by Crippen LogP contribution is -2.28. The molecule has 0 fully saturated rings. The van der Waals surface area contributed by atoms with Crippen LogP contribution >= 0.6 is 0 Å². The van der Waals surface area contributed by atoms with Gasteiger partial charge in [0.2, 0.25) is 0 Å². The fraction of sp³-hybridized carbons (Fsp3) is 0.818. The van der Waals surface area contributed by atoms with Gasteiger partial charge in [-0.15, -0.1) is 6.58 Å². The van der Waals surface area contributed by atoms with Crippen molar-refractivity contribution in [2.24, 2.45) is 0 Å². The normalized spacial score (nSPS) is 12.8. The minimum absolute atomic E-state index is 0.716. The first kappa shape index (κ1) is 11.7. The maximum absolute atomic E-state index is 3.71. The molecule has 0 heterocycles. The van der Waals surface area contributed by atoms with Crippen molar-refractivity contribution >= 4 is 0 Å². The number of hydrogen-bond acceptors (Lipinski definition) is 1. The third kappa shape index (κ3) is 6.41. The van der Waals surface area contributed by atoms with Gasteiger partial charge >= 0.3 is 0 Å². The van der Waals surface area contributed by atoms with Crippen LogP contribution in [0.15, 0.2) is 12.7 Å². The van der Waals surface area contributed by atoms with E-state index in [2.05, 4.69) is 25.7 Å². The first-order chi connectivity index (χ1) is 5.85. The number of hydrogen-bond donors (Lipinski definition) is 1. The van der Waals surface area contributed by atoms with E-state index >= 15 is 0 Å². The van der Waals surface area contributed by atoms with Gasteiger partial charge in [-0.1, -0.05) is 39.2 Å². The van der Waals surface area contributed by atoms with Gasteiger partial charge in [0.15, 0.2) is 0 Å². The predicted molar refractivity (Wildman–Crippen MR) is 56.4 cm³/mol. The van der Waals surface area contributed by atoms with Crippen molar-refractivity contribution in [1.29, 1.82) is 0 Å². The summed E-state index contributed by atoms with van der Waals surface area (Å²) in [5.74, 6) is 0. The van der Waals surface area contributed by atoms with Crippen LogP contribution in [-0.4, -0.2) is 12.6 Å². The summed E-state index contributed by atoms with van der Waals surface area (Å²) in [6, 6.07) is 0.716. The summed E-state index contributed by atoms with van der Waals surface area (Å²) in [5.41, 5.74) is 0. The molecule has 12 heavy (non-hydrogen) atoms. The maximum atomic E-state index is 3.71. The van der Waals surface area contributed by atoms with Crippen LogP contribution in [0, 0.1) is 0 Å². The lowest BCUT2D eigenvalue weighted by molar-refractivity contribution is 0.453. The molecule has 0 aliphatic carbocycles. The zero-order valence-electron chi connectivity index (χ0n) is 8.60. The van der Waals surface area contributed by atoms with Gasteiger partial charge in [0, 0.05) is 12.6 Å². The molecule has 0 radical (unpaired) electrons. The van der Waals surface area contributed by atoms with E-state index in [1.807, 2.05) is 6.08 Å². The van der Waals surface area contributed by atoms with Crippen LogP contribution in [0.5, 0.6) is 0 Å². The van der Waals surface area contributed by atoms with Crippen LogP contribution in [0.2, 0.25) is 0 Å². The third-order valence-electron chi connectivity index (χ3n) is 2.09. The minimum Gasteiger partial charge on any atom is -0.311 e. The minimum atomic E-state index is 0.716. The molecule has 1 atom stereocenters. The fourth-order valence-electron chi connectivity index (χ4n) is 1.40. The molecule has 72 valence electrons. The Morgan fingerprint density at radius 2 is 2.00 bits per heavy atom. The molecular weight excluding hydrogens is 146 g/mol. The highest BCUT2D eigenvalue weighted by atomic mass is 14.9. The van der Waals surface area contributed by atoms with E-state index in [1.54, 1.807) is 0 Å². The molecule has 0 aromatic carbocycles. The van der Waals surface area contributed by atoms with Gasteiger partial charge in [-0.2, -0.15) is 0 Å². The number of rotatable bonds is 8. The Morgan fingerprint density at radius 1 is 1.25 bits per heavy atom. The smallest absolute Gasteiger partial charge is 0.0134 e. The SMILES string of the molecule is C=CCNC(CCC)CCCC. The Balaban J connectivity index is 3.46. The Labute approximate surface area is 77.2 Å². The zero-order chi connectivity index (χ0) is 9.23. The van der Waals surface area contributed by atoms with E-state index in [1.165, 1.54) is 32.1 Å². The van der Waals surface area contributed by atoms with E-state index in [9.17, 15) is 0 Å². The van der Waals surface area contributed by atoms with Gasteiger partial charge in [-0.25, -0.2) is 0 Å². The highest BCUT2D eigenvalue weighted by Crippen LogP contribution is 2.06. The van der Waals surface area contributed by atoms with Crippen molar-refractivity contribution in [2.75, 3.05) is 6.54 Å². The van der Waals surface area contributed by atoms with Crippen LogP contribution in [0.3, 0.4) is 0 Å². The van der Waals surface area contributed by atoms with Crippen molar-refractivity contribution < 1.29 is 0 Å². The lowest BCUT2D eigenvalue weighted by Gasteiger charge is -2.16. The summed E-state index contributed by atoms with van der Waals surface area (Å²) >= 11 is 0. The van der Waals surface area contributed by atoms with Crippen molar-refractivity contribution in [1.82, 2.24) is 5.32 Å². The Morgan fingerprint density at radius 3 is 2.50 bits per heavy atom. The van der Waals surface area contributed by atoms with Crippen molar-refractivity contribution in [3.8, 4) is 0 Å². The van der Waals surface area contributed by atoms with E-state index in [0.29, 0.717) is 6.04 Å². The van der Waals surface area contributed by atoms with Gasteiger partial charge in [0.25, 0.3) is 0 Å². The second kappa shape index (κ2) is 8.79. The largest absolute Gasteiger partial charge is 0.311 e. The average molecular weight is 169 g/mol. The molecule has 0 spiro atoms. The molecule has 0 aliphatic rings. The Kier molecular flexibility index (Phi) is 8.57. The molecule has 0 aliphatic heterocycles. The van der Waals surface area contributed by atoms with Crippen LogP contribution < -0.4 is 5.32 Å². The molecule has 0 amide bonds. The maximum Gasteiger partial charge on any atom is 0.0134 e. The number of unbranched alkanes of at least 4 members (excludes halogenated alkanes) is 1. The van der Waals surface area contributed by atoms with Gasteiger partial charge in [0.05, 0.1) is 0 Å². The molecule has 1 heteroatoms. The summed E-state index contributed by atoms with van der Waals surface area (Å²) in [4.78, 5) is 0. The summed E-state index contributed by atoms with van der Waals surface area (Å²) in [7, 11) is 0. The summed E-state index contributed by atoms with van der Waals surface area (Å²) in [5, 5.41) is 3.49. The zero-order valence-corrected chi connectivity index (χ0v) is 8.60. The molecule has 0 aromatic rings. The fourth-order valence-corrected chi connectivity index (χ4v) is 1.40. The Bertz CT molecular complexity index is 99.2. The van der Waals surface area contributed by atoms with E-state index in [4.69, 9.17) is 0 Å². The molecule has 0 rings (SSSR count). The third-order valence-corrected chi connectivity index (χ3v) is 2.09. The van der Waals surface area contributed by atoms with E-state index in [0.717, 1.165) is 6.54 Å². The number of nitrogens with one attached hydrogen (secondary N) is 1. The molecular formula is C11H23N. The standard InChI is InChI=1S/C11H23N/c1-4-7-9-11(8-5-2)12-10-6-3/h6,11-12H,3-5,7-10H2,1-2H3. The summed E-state index contributed by atoms with van der Waals surface area (Å²) in [6.45, 7) is 9.15. The summed E-state index contributed by atoms with van der Waals surface area (Å²) < 4.78 is 0. The molecule has 0 bridgehead atoms. The first-order valence-corrected chi connectivity index (χ1v) is 5.19. The van der Waals surface area contributed by atoms with Crippen LogP contribution in [0.25, 0.3) is 0 Å². The van der Waals surface area contributed by atoms with Crippen molar-refractivity contribution in [3.63, 3.8) is 0 Å². The first-order valence-electron chi connectivity index (χ1n) is 5.19. The van der Waals surface area contributed by atoms with Gasteiger partial charge < -0.3 is 5.32 Å². The molecule has 1 N–H and O–H groups in total. The average Bonchev–Trinajstić information content (AvgIpc) is 2.10. The second-order valence-corrected chi connectivity index (χ2v) is 3.32. The predicted octanol–water partition coefficient (Wildman–Crippen LogP) is 3.12. The second-order valence-electron chi connectivity index (χ2n) is 3.32. The highest BCUT2D eigenvalue weighted by molar-refractivity contribution is 4.74. The molecule has 0 aromatic heterocycles. The monoisotopic (exact) mass is 169 g/mol. The topological polar surface area (TPSA) is 12.0 Å². The van der Waals surface area contributed by atoms with E-state index < -0.39 is 0 Å². The van der Waals surface area contributed by atoms with Crippen LogP contribution in [-0.2, 0) is 0 Å². The molecule has 0 saturated heterocycles. The molecule has 0 saturated carbocycles. The summed E-state index contributed by atoms with van der Waals surface area (Å²) in [6.07, 6.45) is 8.48. The Hall–Kier alpha value is -0.300. The van der Waals surface area contributed by atoms with Gasteiger partial charge in [-0.05, 0) is 12.8 Å². The highest BCUT2D eigenvalue weighted by Gasteiger charge is 2.03. The van der Waals surface area contributed by atoms with Crippen LogP contribution in [0.1, 0.15) is 46.0 Å². The quantitative estimate of drug-likeness (QED) is 0.550. The molecule has 1 unspecified atom stereocenters. The van der Waals surface area contributed by atoms with Crippen molar-refractivity contribution in [2.45, 2.75) is 52.0 Å². The van der Waals surface area contributed by atoms with Gasteiger partial charge in [0.1, 0.15) is 0 Å². The van der Waals surface area contributed by atoms with Crippen molar-refractivity contribution in [3.05, 3.63) is 12.7 Å². The van der Waals surface area contributed by atoms with E-state index in [-0.39, 0.29) is 0 Å². The molecule has 1 nitrogen and oxygen atoms in total.